The Labute approximate surface area is 175 Å². The normalized spacial score (nSPS) is 15.4. The number of rotatable bonds is 7. The third-order valence-corrected chi connectivity index (χ3v) is 6.00. The monoisotopic (exact) mass is 429 g/mol. The smallest absolute Gasteiger partial charge is 0.269 e. The molecule has 2 amide bonds. The van der Waals surface area contributed by atoms with E-state index in [4.69, 9.17) is 4.74 Å². The largest absolute Gasteiger partial charge is 0.497 e. The van der Waals surface area contributed by atoms with Crippen molar-refractivity contribution in [3.63, 3.8) is 0 Å². The molecular formula is C21H23N3O5S. The van der Waals surface area contributed by atoms with Gasteiger partial charge in [0.15, 0.2) is 0 Å². The van der Waals surface area contributed by atoms with Gasteiger partial charge in [0.05, 0.1) is 12.0 Å². The van der Waals surface area contributed by atoms with Crippen LogP contribution in [-0.4, -0.2) is 27.3 Å². The van der Waals surface area contributed by atoms with Gasteiger partial charge in [0, 0.05) is 17.7 Å². The van der Waals surface area contributed by atoms with Gasteiger partial charge >= 0.3 is 0 Å². The van der Waals surface area contributed by atoms with Gasteiger partial charge in [-0.15, -0.1) is 0 Å². The van der Waals surface area contributed by atoms with Crippen LogP contribution >= 0.6 is 0 Å². The standard InChI is InChI=1S/C21H23N3O5S/c1-29-18-11-9-17(10-12-18)24-30(27,28)19-8-4-7-16(14-19)21(26)23-22-20(25)13-15-5-2-3-6-15/h2,4-5,7-12,14-15,24H,3,6,13H2,1H3,(H,22,25)(H,23,26)/t15-/m0/s1. The molecule has 1 atom stereocenters. The number of benzene rings is 2. The van der Waals surface area contributed by atoms with Gasteiger partial charge < -0.3 is 4.74 Å². The summed E-state index contributed by atoms with van der Waals surface area (Å²) in [6, 6.07) is 12.0. The number of anilines is 1. The Kier molecular flexibility index (Phi) is 6.73. The number of nitrogens with one attached hydrogen (secondary N) is 3. The zero-order valence-electron chi connectivity index (χ0n) is 16.4. The highest BCUT2D eigenvalue weighted by Gasteiger charge is 2.18. The van der Waals surface area contributed by atoms with Crippen molar-refractivity contribution in [3.05, 3.63) is 66.2 Å². The zero-order chi connectivity index (χ0) is 21.6. The van der Waals surface area contributed by atoms with Crippen molar-refractivity contribution in [2.45, 2.75) is 24.2 Å². The number of amides is 2. The van der Waals surface area contributed by atoms with Crippen LogP contribution in [0.1, 0.15) is 29.6 Å². The molecule has 0 fully saturated rings. The first kappa shape index (κ1) is 21.4. The van der Waals surface area contributed by atoms with Gasteiger partial charge in [-0.3, -0.25) is 25.2 Å². The molecule has 0 aliphatic heterocycles. The minimum absolute atomic E-state index is 0.0756. The third-order valence-electron chi connectivity index (χ3n) is 4.62. The molecule has 0 bridgehead atoms. The first-order chi connectivity index (χ1) is 14.4. The summed E-state index contributed by atoms with van der Waals surface area (Å²) in [5.74, 6) is -0.126. The van der Waals surface area contributed by atoms with Gasteiger partial charge in [0.1, 0.15) is 5.75 Å². The fraction of sp³-hybridized carbons (Fsp3) is 0.238. The number of allylic oxidation sites excluding steroid dienone is 2. The Hall–Kier alpha value is -3.33. The number of hydrazine groups is 1. The molecule has 0 heterocycles. The number of hydrogen-bond donors (Lipinski definition) is 3. The lowest BCUT2D eigenvalue weighted by atomic mass is 10.1. The molecule has 0 radical (unpaired) electrons. The molecule has 3 rings (SSSR count). The van der Waals surface area contributed by atoms with E-state index in [1.54, 1.807) is 24.3 Å². The summed E-state index contributed by atoms with van der Waals surface area (Å²) in [5, 5.41) is 0. The van der Waals surface area contributed by atoms with Crippen LogP contribution in [0.5, 0.6) is 5.75 Å². The van der Waals surface area contributed by atoms with E-state index in [9.17, 15) is 18.0 Å². The first-order valence-corrected chi connectivity index (χ1v) is 10.9. The average molecular weight is 429 g/mol. The topological polar surface area (TPSA) is 114 Å². The van der Waals surface area contributed by atoms with Crippen LogP contribution in [0.2, 0.25) is 0 Å². The fourth-order valence-electron chi connectivity index (χ4n) is 3.03. The van der Waals surface area contributed by atoms with Crippen LogP contribution in [0.25, 0.3) is 0 Å². The number of carbonyl (C=O) groups is 2. The Morgan fingerprint density at radius 1 is 1.10 bits per heavy atom. The second kappa shape index (κ2) is 9.45. The quantitative estimate of drug-likeness (QED) is 0.462. The van der Waals surface area contributed by atoms with E-state index in [-0.39, 0.29) is 28.7 Å². The van der Waals surface area contributed by atoms with Crippen LogP contribution in [0.4, 0.5) is 5.69 Å². The first-order valence-electron chi connectivity index (χ1n) is 9.40. The van der Waals surface area contributed by atoms with Gasteiger partial charge in [0.25, 0.3) is 15.9 Å². The van der Waals surface area contributed by atoms with Crippen molar-refractivity contribution in [3.8, 4) is 5.75 Å². The van der Waals surface area contributed by atoms with Crippen molar-refractivity contribution >= 4 is 27.5 Å². The van der Waals surface area contributed by atoms with Crippen LogP contribution in [-0.2, 0) is 14.8 Å². The summed E-state index contributed by atoms with van der Waals surface area (Å²) in [4.78, 5) is 24.2. The van der Waals surface area contributed by atoms with Crippen molar-refractivity contribution in [1.29, 1.82) is 0 Å². The molecule has 1 aliphatic carbocycles. The van der Waals surface area contributed by atoms with Gasteiger partial charge in [-0.2, -0.15) is 0 Å². The second-order valence-electron chi connectivity index (χ2n) is 6.83. The van der Waals surface area contributed by atoms with Gasteiger partial charge in [0.2, 0.25) is 5.91 Å². The third kappa shape index (κ3) is 5.60. The van der Waals surface area contributed by atoms with E-state index in [1.165, 1.54) is 31.4 Å². The molecular weight excluding hydrogens is 406 g/mol. The summed E-state index contributed by atoms with van der Waals surface area (Å²) in [7, 11) is -2.38. The molecule has 0 aromatic heterocycles. The van der Waals surface area contributed by atoms with E-state index < -0.39 is 15.9 Å². The van der Waals surface area contributed by atoms with Crippen LogP contribution < -0.4 is 20.3 Å². The molecule has 30 heavy (non-hydrogen) atoms. The molecule has 1 aliphatic rings. The highest BCUT2D eigenvalue weighted by molar-refractivity contribution is 7.92. The number of hydrogen-bond acceptors (Lipinski definition) is 5. The van der Waals surface area contributed by atoms with Gasteiger partial charge in [-0.25, -0.2) is 8.42 Å². The maximum atomic E-state index is 12.6. The average Bonchev–Trinajstić information content (AvgIpc) is 3.25. The highest BCUT2D eigenvalue weighted by atomic mass is 32.2. The molecule has 0 saturated carbocycles. The number of sulfonamides is 1. The van der Waals surface area contributed by atoms with Gasteiger partial charge in [-0.05, 0) is 61.2 Å². The van der Waals surface area contributed by atoms with E-state index >= 15 is 0 Å². The number of methoxy groups -OCH3 is 1. The predicted molar refractivity (Wildman–Crippen MR) is 112 cm³/mol. The molecule has 0 spiro atoms. The molecule has 2 aromatic rings. The van der Waals surface area contributed by atoms with E-state index in [0.29, 0.717) is 11.4 Å². The van der Waals surface area contributed by atoms with Gasteiger partial charge in [-0.1, -0.05) is 18.2 Å². The Balaban J connectivity index is 1.62. The molecule has 8 nitrogen and oxygen atoms in total. The Morgan fingerprint density at radius 2 is 1.87 bits per heavy atom. The number of ether oxygens (including phenoxy) is 1. The predicted octanol–water partition coefficient (Wildman–Crippen LogP) is 2.61. The zero-order valence-corrected chi connectivity index (χ0v) is 17.2. The van der Waals surface area contributed by atoms with Crippen LogP contribution in [0.3, 0.4) is 0 Å². The summed E-state index contributed by atoms with van der Waals surface area (Å²) in [6.45, 7) is 0. The summed E-state index contributed by atoms with van der Waals surface area (Å²) >= 11 is 0. The lowest BCUT2D eigenvalue weighted by Crippen LogP contribution is -2.42. The Bertz CT molecular complexity index is 1050. The maximum absolute atomic E-state index is 12.6. The van der Waals surface area contributed by atoms with E-state index in [1.807, 2.05) is 12.2 Å². The van der Waals surface area contributed by atoms with E-state index in [2.05, 4.69) is 15.6 Å². The maximum Gasteiger partial charge on any atom is 0.269 e. The number of carbonyl (C=O) groups excluding carboxylic acids is 2. The van der Waals surface area contributed by atoms with Crippen LogP contribution in [0, 0.1) is 5.92 Å². The molecule has 0 unspecified atom stereocenters. The molecule has 9 heteroatoms. The highest BCUT2D eigenvalue weighted by Crippen LogP contribution is 2.21. The molecule has 2 aromatic carbocycles. The lowest BCUT2D eigenvalue weighted by Gasteiger charge is -2.11. The van der Waals surface area contributed by atoms with Crippen LogP contribution in [0.15, 0.2) is 65.6 Å². The van der Waals surface area contributed by atoms with Crippen molar-refractivity contribution in [2.75, 3.05) is 11.8 Å². The SMILES string of the molecule is COc1ccc(NS(=O)(=O)c2cccc(C(=O)NNC(=O)C[C@H]3C=CCC3)c2)cc1. The van der Waals surface area contributed by atoms with E-state index in [0.717, 1.165) is 12.8 Å². The van der Waals surface area contributed by atoms with Crippen molar-refractivity contribution < 1.29 is 22.7 Å². The Morgan fingerprint density at radius 3 is 2.53 bits per heavy atom. The minimum Gasteiger partial charge on any atom is -0.497 e. The van der Waals surface area contributed by atoms with Crippen molar-refractivity contribution in [1.82, 2.24) is 10.9 Å². The van der Waals surface area contributed by atoms with Crippen molar-refractivity contribution in [2.24, 2.45) is 5.92 Å². The minimum atomic E-state index is -3.90. The summed E-state index contributed by atoms with van der Waals surface area (Å²) in [6.07, 6.45) is 6.18. The second-order valence-corrected chi connectivity index (χ2v) is 8.52. The molecule has 0 saturated heterocycles. The summed E-state index contributed by atoms with van der Waals surface area (Å²) in [5.41, 5.74) is 5.15. The summed E-state index contributed by atoms with van der Waals surface area (Å²) < 4.78 is 32.8. The molecule has 3 N–H and O–H groups in total. The molecule has 158 valence electrons. The fourth-order valence-corrected chi connectivity index (χ4v) is 4.13. The lowest BCUT2D eigenvalue weighted by molar-refractivity contribution is -0.122.